The third-order valence-corrected chi connectivity index (χ3v) is 5.49. The summed E-state index contributed by atoms with van der Waals surface area (Å²) in [6.45, 7) is 1.92. The van der Waals surface area contributed by atoms with Crippen LogP contribution < -0.4 is 5.56 Å². The highest BCUT2D eigenvalue weighted by Crippen LogP contribution is 2.30. The van der Waals surface area contributed by atoms with E-state index >= 15 is 0 Å². The Bertz CT molecular complexity index is 1250. The number of H-pyrrole nitrogens is 1. The number of hydrogen-bond acceptors (Lipinski definition) is 6. The van der Waals surface area contributed by atoms with Gasteiger partial charge in [0.15, 0.2) is 0 Å². The molecule has 4 aromatic rings. The Morgan fingerprint density at radius 2 is 1.97 bits per heavy atom. The Labute approximate surface area is 177 Å². The smallest absolute Gasteiger partial charge is 0.255 e. The second-order valence-electron chi connectivity index (χ2n) is 7.17. The minimum absolute atomic E-state index is 0.125. The van der Waals surface area contributed by atoms with Gasteiger partial charge in [-0.1, -0.05) is 23.7 Å². The van der Waals surface area contributed by atoms with Crippen LogP contribution in [0.5, 0.6) is 0 Å². The van der Waals surface area contributed by atoms with Crippen LogP contribution in [0.3, 0.4) is 0 Å². The summed E-state index contributed by atoms with van der Waals surface area (Å²) in [6.07, 6.45) is 5.42. The van der Waals surface area contributed by atoms with Crippen LogP contribution in [0, 0.1) is 0 Å². The van der Waals surface area contributed by atoms with Crippen LogP contribution in [-0.4, -0.2) is 31.4 Å². The molecule has 4 heterocycles. The lowest BCUT2D eigenvalue weighted by molar-refractivity contribution is 0.223. The average molecular weight is 420 g/mol. The molecule has 0 fully saturated rings. The number of furan rings is 1. The zero-order valence-electron chi connectivity index (χ0n) is 16.0. The molecule has 1 aliphatic heterocycles. The first-order valence-corrected chi connectivity index (χ1v) is 9.98. The first-order valence-electron chi connectivity index (χ1n) is 9.61. The van der Waals surface area contributed by atoms with Gasteiger partial charge < -0.3 is 9.40 Å². The van der Waals surface area contributed by atoms with Crippen LogP contribution in [0.15, 0.2) is 64.3 Å². The summed E-state index contributed by atoms with van der Waals surface area (Å²) in [6, 6.07) is 11.5. The van der Waals surface area contributed by atoms with Crippen molar-refractivity contribution in [3.8, 4) is 22.7 Å². The maximum Gasteiger partial charge on any atom is 0.255 e. The zero-order chi connectivity index (χ0) is 20.5. The van der Waals surface area contributed by atoms with Crippen molar-refractivity contribution in [3.63, 3.8) is 0 Å². The molecule has 0 unspecified atom stereocenters. The second kappa shape index (κ2) is 7.85. The van der Waals surface area contributed by atoms with Crippen molar-refractivity contribution in [2.75, 3.05) is 6.54 Å². The quantitative estimate of drug-likeness (QED) is 0.542. The summed E-state index contributed by atoms with van der Waals surface area (Å²) >= 11 is 6.27. The number of nitrogens with one attached hydrogen (secondary N) is 1. The Hall–Kier alpha value is -3.29. The van der Waals surface area contributed by atoms with E-state index < -0.39 is 0 Å². The number of hydrogen-bond donors (Lipinski definition) is 1. The lowest BCUT2D eigenvalue weighted by atomic mass is 10.1. The molecule has 7 nitrogen and oxygen atoms in total. The van der Waals surface area contributed by atoms with E-state index in [1.54, 1.807) is 12.4 Å². The molecule has 1 N–H and O–H groups in total. The van der Waals surface area contributed by atoms with Crippen molar-refractivity contribution in [2.24, 2.45) is 0 Å². The van der Waals surface area contributed by atoms with Gasteiger partial charge in [-0.25, -0.2) is 15.0 Å². The summed E-state index contributed by atoms with van der Waals surface area (Å²) in [4.78, 5) is 30.3. The van der Waals surface area contributed by atoms with E-state index in [4.69, 9.17) is 16.0 Å². The van der Waals surface area contributed by atoms with Gasteiger partial charge in [-0.15, -0.1) is 0 Å². The van der Waals surface area contributed by atoms with Gasteiger partial charge in [0.1, 0.15) is 23.7 Å². The predicted octanol–water partition coefficient (Wildman–Crippen LogP) is 3.70. The van der Waals surface area contributed by atoms with Gasteiger partial charge in [0.2, 0.25) is 0 Å². The van der Waals surface area contributed by atoms with Crippen molar-refractivity contribution in [1.29, 1.82) is 0 Å². The van der Waals surface area contributed by atoms with Crippen LogP contribution in [0.2, 0.25) is 5.02 Å². The maximum atomic E-state index is 12.7. The fourth-order valence-electron chi connectivity index (χ4n) is 3.66. The van der Waals surface area contributed by atoms with Gasteiger partial charge in [-0.05, 0) is 24.3 Å². The molecule has 0 saturated carbocycles. The number of halogens is 1. The molecule has 1 aliphatic rings. The molecule has 0 aliphatic carbocycles. The molecule has 0 bridgehead atoms. The van der Waals surface area contributed by atoms with Crippen molar-refractivity contribution in [3.05, 3.63) is 87.5 Å². The van der Waals surface area contributed by atoms with Crippen LogP contribution in [0.1, 0.15) is 17.0 Å². The number of rotatable bonds is 4. The fraction of sp³-hybridized carbons (Fsp3) is 0.182. The highest BCUT2D eigenvalue weighted by Gasteiger charge is 2.22. The molecule has 0 radical (unpaired) electrons. The normalized spacial score (nSPS) is 13.9. The second-order valence-corrected chi connectivity index (χ2v) is 7.58. The molecule has 0 atom stereocenters. The summed E-state index contributed by atoms with van der Waals surface area (Å²) in [5.41, 5.74) is 2.96. The minimum atomic E-state index is -0.125. The third-order valence-electron chi connectivity index (χ3n) is 5.16. The molecule has 150 valence electrons. The zero-order valence-corrected chi connectivity index (χ0v) is 16.8. The number of benzene rings is 1. The summed E-state index contributed by atoms with van der Waals surface area (Å²) in [5.74, 6) is 2.07. The van der Waals surface area contributed by atoms with Crippen LogP contribution in [0.4, 0.5) is 0 Å². The van der Waals surface area contributed by atoms with Crippen LogP contribution in [0.25, 0.3) is 22.7 Å². The highest BCUT2D eigenvalue weighted by atomic mass is 35.5. The van der Waals surface area contributed by atoms with E-state index in [0.29, 0.717) is 41.5 Å². The monoisotopic (exact) mass is 419 g/mol. The minimum Gasteiger partial charge on any atom is -0.460 e. The molecular weight excluding hydrogens is 402 g/mol. The van der Waals surface area contributed by atoms with Gasteiger partial charge in [0.25, 0.3) is 5.56 Å². The first kappa shape index (κ1) is 18.7. The third kappa shape index (κ3) is 3.65. The molecule has 8 heteroatoms. The van der Waals surface area contributed by atoms with Crippen molar-refractivity contribution in [2.45, 2.75) is 19.5 Å². The topological polar surface area (TPSA) is 87.9 Å². The molecule has 0 amide bonds. The van der Waals surface area contributed by atoms with Gasteiger partial charge in [-0.2, -0.15) is 0 Å². The molecule has 30 heavy (non-hydrogen) atoms. The standard InChI is InChI=1S/C22H18ClN5O2/c23-18-4-2-1-3-16(18)20-6-5-15(30-20)11-28-8-7-19-17(12-28)22(29)27-21(26-19)14-9-24-13-25-10-14/h1-6,9-10,13H,7-8,11-12H2,(H,26,27,29). The van der Waals surface area contributed by atoms with E-state index in [2.05, 4.69) is 24.8 Å². The van der Waals surface area contributed by atoms with Crippen LogP contribution >= 0.6 is 11.6 Å². The van der Waals surface area contributed by atoms with Crippen molar-refractivity contribution >= 4 is 11.6 Å². The molecule has 5 rings (SSSR count). The van der Waals surface area contributed by atoms with Gasteiger partial charge in [0.05, 0.1) is 28.4 Å². The molecule has 0 spiro atoms. The van der Waals surface area contributed by atoms with Crippen molar-refractivity contribution in [1.82, 2.24) is 24.8 Å². The van der Waals surface area contributed by atoms with Gasteiger partial charge in [0, 0.05) is 37.5 Å². The van der Waals surface area contributed by atoms with Gasteiger partial charge in [-0.3, -0.25) is 9.69 Å². The largest absolute Gasteiger partial charge is 0.460 e. The molecule has 3 aromatic heterocycles. The number of aromatic amines is 1. The van der Waals surface area contributed by atoms with E-state index in [1.165, 1.54) is 6.33 Å². The molecule has 0 saturated heterocycles. The van der Waals surface area contributed by atoms with Crippen LogP contribution in [-0.2, 0) is 19.5 Å². The Morgan fingerprint density at radius 3 is 2.80 bits per heavy atom. The van der Waals surface area contributed by atoms with Crippen molar-refractivity contribution < 1.29 is 4.42 Å². The predicted molar refractivity (Wildman–Crippen MR) is 113 cm³/mol. The van der Waals surface area contributed by atoms with E-state index in [-0.39, 0.29) is 5.56 Å². The van der Waals surface area contributed by atoms with E-state index in [0.717, 1.165) is 29.3 Å². The summed E-state index contributed by atoms with van der Waals surface area (Å²) < 4.78 is 6.01. The maximum absolute atomic E-state index is 12.7. The average Bonchev–Trinajstić information content (AvgIpc) is 3.23. The number of fused-ring (bicyclic) bond motifs is 1. The molecule has 1 aromatic carbocycles. The lowest BCUT2D eigenvalue weighted by Gasteiger charge is -2.26. The summed E-state index contributed by atoms with van der Waals surface area (Å²) in [7, 11) is 0. The SMILES string of the molecule is O=c1[nH]c(-c2cncnc2)nc2c1CN(Cc1ccc(-c3ccccc3Cl)o1)CC2. The molecular formula is C22H18ClN5O2. The fourth-order valence-corrected chi connectivity index (χ4v) is 3.89. The number of nitrogens with zero attached hydrogens (tertiary/aromatic N) is 4. The Balaban J connectivity index is 1.34. The van der Waals surface area contributed by atoms with E-state index in [9.17, 15) is 4.79 Å². The first-order chi connectivity index (χ1) is 14.7. The Morgan fingerprint density at radius 1 is 1.13 bits per heavy atom. The highest BCUT2D eigenvalue weighted by molar-refractivity contribution is 6.33. The van der Waals surface area contributed by atoms with E-state index in [1.807, 2.05) is 36.4 Å². The van der Waals surface area contributed by atoms with Gasteiger partial charge >= 0.3 is 0 Å². The number of aromatic nitrogens is 4. The Kier molecular flexibility index (Phi) is 4.90. The summed E-state index contributed by atoms with van der Waals surface area (Å²) in [5, 5.41) is 0.655. The lowest BCUT2D eigenvalue weighted by Crippen LogP contribution is -2.35.